The summed E-state index contributed by atoms with van der Waals surface area (Å²) in [6.45, 7) is 0. The van der Waals surface area contributed by atoms with E-state index in [4.69, 9.17) is 9.97 Å². The maximum atomic E-state index is 5.21. The van der Waals surface area contributed by atoms with Crippen molar-refractivity contribution in [2.24, 2.45) is 0 Å². The molecule has 244 valence electrons. The molecule has 0 radical (unpaired) electrons. The van der Waals surface area contributed by atoms with Crippen LogP contribution >= 0.6 is 0 Å². The highest BCUT2D eigenvalue weighted by Gasteiger charge is 2.52. The van der Waals surface area contributed by atoms with Gasteiger partial charge in [-0.25, -0.2) is 9.97 Å². The third kappa shape index (κ3) is 3.77. The van der Waals surface area contributed by atoms with E-state index in [9.17, 15) is 0 Å². The van der Waals surface area contributed by atoms with Crippen molar-refractivity contribution in [1.82, 2.24) is 9.97 Å². The highest BCUT2D eigenvalue weighted by molar-refractivity contribution is 6.21. The Balaban J connectivity index is 1.14. The molecular formula is C51H30N2. The maximum absolute atomic E-state index is 5.21. The van der Waals surface area contributed by atoms with Gasteiger partial charge < -0.3 is 0 Å². The van der Waals surface area contributed by atoms with Gasteiger partial charge in [0.25, 0.3) is 0 Å². The van der Waals surface area contributed by atoms with Crippen LogP contribution < -0.4 is 0 Å². The highest BCUT2D eigenvalue weighted by atomic mass is 14.9. The Morgan fingerprint density at radius 2 is 0.868 bits per heavy atom. The first-order chi connectivity index (χ1) is 26.3. The van der Waals surface area contributed by atoms with Gasteiger partial charge in [-0.2, -0.15) is 0 Å². The third-order valence-electron chi connectivity index (χ3n) is 11.8. The van der Waals surface area contributed by atoms with Gasteiger partial charge in [-0.15, -0.1) is 0 Å². The first kappa shape index (κ1) is 28.8. The summed E-state index contributed by atoms with van der Waals surface area (Å²) in [6, 6.07) is 66.4. The Morgan fingerprint density at radius 3 is 1.57 bits per heavy atom. The average molecular weight is 671 g/mol. The number of benzene rings is 8. The van der Waals surface area contributed by atoms with Gasteiger partial charge in [0, 0.05) is 16.7 Å². The first-order valence-electron chi connectivity index (χ1n) is 18.3. The Bertz CT molecular complexity index is 2940. The molecule has 2 nitrogen and oxygen atoms in total. The van der Waals surface area contributed by atoms with E-state index in [0.29, 0.717) is 0 Å². The molecule has 3 aliphatic rings. The third-order valence-corrected chi connectivity index (χ3v) is 11.8. The summed E-state index contributed by atoms with van der Waals surface area (Å²) in [7, 11) is 0. The minimum absolute atomic E-state index is 0.462. The fraction of sp³-hybridized carbons (Fsp3) is 0.0196. The Morgan fingerprint density at radius 1 is 0.321 bits per heavy atom. The first-order valence-corrected chi connectivity index (χ1v) is 18.3. The predicted molar refractivity (Wildman–Crippen MR) is 217 cm³/mol. The lowest BCUT2D eigenvalue weighted by atomic mass is 9.70. The lowest BCUT2D eigenvalue weighted by Gasteiger charge is -2.31. The van der Waals surface area contributed by atoms with Gasteiger partial charge in [0.1, 0.15) is 0 Å². The predicted octanol–water partition coefficient (Wildman–Crippen LogP) is 12.6. The Hall–Kier alpha value is -6.90. The molecule has 3 aliphatic carbocycles. The van der Waals surface area contributed by atoms with Crippen molar-refractivity contribution in [2.75, 3.05) is 0 Å². The molecule has 1 unspecified atom stereocenters. The molecule has 0 aliphatic heterocycles. The lowest BCUT2D eigenvalue weighted by molar-refractivity contribution is 0.795. The van der Waals surface area contributed by atoms with Crippen molar-refractivity contribution in [3.05, 3.63) is 204 Å². The topological polar surface area (TPSA) is 25.8 Å². The number of nitrogens with zero attached hydrogens (tertiary/aromatic N) is 2. The van der Waals surface area contributed by atoms with Gasteiger partial charge in [-0.1, -0.05) is 164 Å². The van der Waals surface area contributed by atoms with Crippen LogP contribution in [0, 0.1) is 0 Å². The number of hydrogen-bond acceptors (Lipinski definition) is 2. The van der Waals surface area contributed by atoms with Crippen LogP contribution in [0.3, 0.4) is 0 Å². The molecule has 12 rings (SSSR count). The SMILES string of the molecule is c1ccc(-c2cc(-c3ccccc3)nc(-c3ccc4c(c3)-c3ccccc3C43c4ccccc4-c4c3cc3c5c(cccc45)-c4ccccc4-3)n2)cc1. The van der Waals surface area contributed by atoms with Crippen LogP contribution in [-0.4, -0.2) is 9.97 Å². The molecule has 0 saturated heterocycles. The van der Waals surface area contributed by atoms with E-state index >= 15 is 0 Å². The lowest BCUT2D eigenvalue weighted by Crippen LogP contribution is -2.25. The van der Waals surface area contributed by atoms with Crippen LogP contribution in [-0.2, 0) is 5.41 Å². The van der Waals surface area contributed by atoms with Crippen LogP contribution in [0.1, 0.15) is 22.3 Å². The second-order valence-electron chi connectivity index (χ2n) is 14.4. The summed E-state index contributed by atoms with van der Waals surface area (Å²) in [5.74, 6) is 0.724. The smallest absolute Gasteiger partial charge is 0.160 e. The molecule has 0 fully saturated rings. The summed E-state index contributed by atoms with van der Waals surface area (Å²) in [4.78, 5) is 10.4. The molecule has 0 amide bonds. The minimum atomic E-state index is -0.462. The van der Waals surface area contributed by atoms with E-state index < -0.39 is 5.41 Å². The fourth-order valence-corrected chi connectivity index (χ4v) is 9.73. The van der Waals surface area contributed by atoms with Crippen molar-refractivity contribution in [2.45, 2.75) is 5.41 Å². The fourth-order valence-electron chi connectivity index (χ4n) is 9.73. The quantitative estimate of drug-likeness (QED) is 0.187. The molecule has 1 aromatic heterocycles. The summed E-state index contributed by atoms with van der Waals surface area (Å²) in [5, 5.41) is 2.70. The molecule has 1 atom stereocenters. The van der Waals surface area contributed by atoms with Gasteiger partial charge in [0.15, 0.2) is 5.82 Å². The molecule has 0 saturated carbocycles. The largest absolute Gasteiger partial charge is 0.228 e. The van der Waals surface area contributed by atoms with Crippen molar-refractivity contribution >= 4 is 10.8 Å². The molecule has 53 heavy (non-hydrogen) atoms. The van der Waals surface area contributed by atoms with Gasteiger partial charge in [0.05, 0.1) is 16.8 Å². The molecule has 0 bridgehead atoms. The van der Waals surface area contributed by atoms with E-state index in [2.05, 4.69) is 170 Å². The summed E-state index contributed by atoms with van der Waals surface area (Å²) in [6.07, 6.45) is 0. The number of fused-ring (bicyclic) bond motifs is 14. The van der Waals surface area contributed by atoms with Gasteiger partial charge >= 0.3 is 0 Å². The van der Waals surface area contributed by atoms with Crippen LogP contribution in [0.4, 0.5) is 0 Å². The zero-order chi connectivity index (χ0) is 34.7. The Kier molecular flexibility index (Phi) is 5.73. The zero-order valence-electron chi connectivity index (χ0n) is 28.7. The minimum Gasteiger partial charge on any atom is -0.228 e. The molecule has 8 aromatic carbocycles. The normalized spacial score (nSPS) is 15.2. The van der Waals surface area contributed by atoms with Gasteiger partial charge in [-0.3, -0.25) is 0 Å². The summed E-state index contributed by atoms with van der Waals surface area (Å²) >= 11 is 0. The average Bonchev–Trinajstić information content (AvgIpc) is 3.84. The van der Waals surface area contributed by atoms with E-state index in [0.717, 1.165) is 33.9 Å². The maximum Gasteiger partial charge on any atom is 0.160 e. The molecule has 9 aromatic rings. The summed E-state index contributed by atoms with van der Waals surface area (Å²) in [5.41, 5.74) is 20.3. The van der Waals surface area contributed by atoms with E-state index in [-0.39, 0.29) is 0 Å². The molecule has 1 spiro atoms. The molecule has 2 heteroatoms. The van der Waals surface area contributed by atoms with Gasteiger partial charge in [-0.05, 0) is 95.7 Å². The monoisotopic (exact) mass is 670 g/mol. The molecule has 1 heterocycles. The van der Waals surface area contributed by atoms with E-state index in [1.165, 1.54) is 77.5 Å². The van der Waals surface area contributed by atoms with Crippen molar-refractivity contribution in [3.8, 4) is 78.4 Å². The van der Waals surface area contributed by atoms with Crippen LogP contribution in [0.2, 0.25) is 0 Å². The van der Waals surface area contributed by atoms with Crippen LogP contribution in [0.25, 0.3) is 89.2 Å². The summed E-state index contributed by atoms with van der Waals surface area (Å²) < 4.78 is 0. The van der Waals surface area contributed by atoms with Crippen LogP contribution in [0.5, 0.6) is 0 Å². The molecule has 0 N–H and O–H groups in total. The van der Waals surface area contributed by atoms with Crippen molar-refractivity contribution < 1.29 is 0 Å². The van der Waals surface area contributed by atoms with Crippen LogP contribution in [0.15, 0.2) is 182 Å². The van der Waals surface area contributed by atoms with Gasteiger partial charge in [0.2, 0.25) is 0 Å². The standard InChI is InChI=1S/C51H30N2/c1-3-14-31(15-4-1)46-30-47(32-16-5-2-6-17-32)53-50(52-46)33-26-27-44-40(28-33)36-20-9-11-24-42(36)51(44)43-25-12-10-21-38(43)49-39-23-13-22-37-34-18-7-8-19-35(34)41(48(37)39)29-45(49)51/h1-30H. The van der Waals surface area contributed by atoms with E-state index in [1.807, 2.05) is 12.1 Å². The van der Waals surface area contributed by atoms with E-state index in [1.54, 1.807) is 0 Å². The second-order valence-corrected chi connectivity index (χ2v) is 14.4. The number of aromatic nitrogens is 2. The molecular weight excluding hydrogens is 641 g/mol. The van der Waals surface area contributed by atoms with Crippen molar-refractivity contribution in [1.29, 1.82) is 0 Å². The zero-order valence-corrected chi connectivity index (χ0v) is 28.7. The highest BCUT2D eigenvalue weighted by Crippen LogP contribution is 2.65. The Labute approximate surface area is 307 Å². The number of rotatable bonds is 3. The number of hydrogen-bond donors (Lipinski definition) is 0. The van der Waals surface area contributed by atoms with Crippen molar-refractivity contribution in [3.63, 3.8) is 0 Å². The second kappa shape index (κ2) is 10.6.